The van der Waals surface area contributed by atoms with Crippen LogP contribution in [0.1, 0.15) is 29.6 Å². The maximum Gasteiger partial charge on any atom is 0.256 e. The van der Waals surface area contributed by atoms with Gasteiger partial charge in [0.1, 0.15) is 4.34 Å². The van der Waals surface area contributed by atoms with Crippen LogP contribution in [-0.4, -0.2) is 34.4 Å². The first kappa shape index (κ1) is 14.4. The van der Waals surface area contributed by atoms with Crippen LogP contribution in [0.5, 0.6) is 0 Å². The van der Waals surface area contributed by atoms with Gasteiger partial charge in [-0.05, 0) is 25.3 Å². The third kappa shape index (κ3) is 2.96. The van der Waals surface area contributed by atoms with Crippen LogP contribution in [0.3, 0.4) is 0 Å². The average molecular weight is 322 g/mol. The Morgan fingerprint density at radius 3 is 2.84 bits per heavy atom. The van der Waals surface area contributed by atoms with Gasteiger partial charge in [0.25, 0.3) is 5.91 Å². The molecule has 1 aliphatic rings. The summed E-state index contributed by atoms with van der Waals surface area (Å²) in [4.78, 5) is 14.0. The zero-order valence-corrected chi connectivity index (χ0v) is 12.3. The molecule has 1 aromatic heterocycles. The molecule has 1 unspecified atom stereocenters. The van der Waals surface area contributed by atoms with E-state index >= 15 is 0 Å². The van der Waals surface area contributed by atoms with Gasteiger partial charge in [-0.25, -0.2) is 0 Å². The van der Waals surface area contributed by atoms with Crippen molar-refractivity contribution in [2.45, 2.75) is 25.3 Å². The van der Waals surface area contributed by atoms with Crippen molar-refractivity contribution in [3.05, 3.63) is 20.3 Å². The Bertz CT molecular complexity index is 518. The first-order valence-corrected chi connectivity index (χ1v) is 7.35. The van der Waals surface area contributed by atoms with E-state index in [1.165, 1.54) is 0 Å². The molecule has 104 valence electrons. The molecule has 2 rings (SSSR count). The summed E-state index contributed by atoms with van der Waals surface area (Å²) in [6, 6.07) is 1.16. The summed E-state index contributed by atoms with van der Waals surface area (Å²) in [6.45, 7) is 0.559. The van der Waals surface area contributed by atoms with Crippen LogP contribution in [0.15, 0.2) is 11.2 Å². The van der Waals surface area contributed by atoms with Gasteiger partial charge in [0.2, 0.25) is 0 Å². The highest BCUT2D eigenvalue weighted by atomic mass is 35.5. The summed E-state index contributed by atoms with van der Waals surface area (Å²) in [7, 11) is 0. The number of carbonyl (C=O) groups excluding carboxylic acids is 1. The van der Waals surface area contributed by atoms with Gasteiger partial charge in [0.05, 0.1) is 15.9 Å². The highest BCUT2D eigenvalue weighted by Crippen LogP contribution is 2.33. The molecule has 19 heavy (non-hydrogen) atoms. The summed E-state index contributed by atoms with van der Waals surface area (Å²) in [5.41, 5.74) is 6.02. The predicted octanol–water partition coefficient (Wildman–Crippen LogP) is 2.80. The van der Waals surface area contributed by atoms with Crippen molar-refractivity contribution in [3.8, 4) is 0 Å². The maximum atomic E-state index is 12.5. The Kier molecular flexibility index (Phi) is 4.54. The monoisotopic (exact) mass is 321 g/mol. The van der Waals surface area contributed by atoms with E-state index in [2.05, 4.69) is 5.16 Å². The number of nitrogens with two attached hydrogens (primary N) is 1. The molecule has 5 nitrogen and oxygen atoms in total. The van der Waals surface area contributed by atoms with Crippen LogP contribution < -0.4 is 5.73 Å². The maximum absolute atomic E-state index is 12.5. The molecule has 1 aromatic rings. The lowest BCUT2D eigenvalue weighted by atomic mass is 10.0. The Labute approximate surface area is 124 Å². The third-order valence-corrected chi connectivity index (χ3v) is 4.60. The number of halogens is 2. The molecule has 1 aliphatic heterocycles. The van der Waals surface area contributed by atoms with E-state index in [0.29, 0.717) is 27.2 Å². The fourth-order valence-electron chi connectivity index (χ4n) is 2.19. The molecule has 0 aromatic carbocycles. The summed E-state index contributed by atoms with van der Waals surface area (Å²) in [6.07, 6.45) is 2.50. The molecule has 0 radical (unpaired) electrons. The SMILES string of the molecule is N/C(=N/O)C1CCCCN1C(=O)c1cc(Cl)sc1Cl. The lowest BCUT2D eigenvalue weighted by Gasteiger charge is -2.34. The number of rotatable bonds is 2. The minimum absolute atomic E-state index is 0.0468. The van der Waals surface area contributed by atoms with Gasteiger partial charge in [0.15, 0.2) is 5.84 Å². The van der Waals surface area contributed by atoms with Crippen molar-refractivity contribution in [1.82, 2.24) is 4.90 Å². The van der Waals surface area contributed by atoms with Gasteiger partial charge in [-0.3, -0.25) is 4.79 Å². The number of piperidine rings is 1. The largest absolute Gasteiger partial charge is 0.409 e. The van der Waals surface area contributed by atoms with Crippen molar-refractivity contribution in [1.29, 1.82) is 0 Å². The highest BCUT2D eigenvalue weighted by Gasteiger charge is 2.32. The molecular formula is C11H13Cl2N3O2S. The lowest BCUT2D eigenvalue weighted by molar-refractivity contribution is 0.0677. The lowest BCUT2D eigenvalue weighted by Crippen LogP contribution is -2.50. The Morgan fingerprint density at radius 1 is 1.53 bits per heavy atom. The van der Waals surface area contributed by atoms with E-state index in [1.807, 2.05) is 0 Å². The number of carbonyl (C=O) groups is 1. The summed E-state index contributed by atoms with van der Waals surface area (Å²) >= 11 is 13.0. The molecule has 0 saturated carbocycles. The quantitative estimate of drug-likeness (QED) is 0.380. The van der Waals surface area contributed by atoms with Crippen LogP contribution in [0.4, 0.5) is 0 Å². The number of hydrogen-bond donors (Lipinski definition) is 2. The number of oxime groups is 1. The molecule has 0 spiro atoms. The Balaban J connectivity index is 2.27. The molecule has 2 heterocycles. The number of likely N-dealkylation sites (tertiary alicyclic amines) is 1. The normalized spacial score (nSPS) is 20.6. The standard InChI is InChI=1S/C11H13Cl2N3O2S/c12-8-5-6(9(13)19-8)11(17)16-4-2-1-3-7(16)10(14)15-18/h5,7,18H,1-4H2,(H2,14,15). The summed E-state index contributed by atoms with van der Waals surface area (Å²) < 4.78 is 0.824. The van der Waals surface area contributed by atoms with Gasteiger partial charge in [-0.2, -0.15) is 0 Å². The van der Waals surface area contributed by atoms with E-state index < -0.39 is 0 Å². The summed E-state index contributed by atoms with van der Waals surface area (Å²) in [5, 5.41) is 11.8. The van der Waals surface area contributed by atoms with E-state index in [-0.39, 0.29) is 17.8 Å². The van der Waals surface area contributed by atoms with Crippen LogP contribution in [0.25, 0.3) is 0 Å². The molecule has 8 heteroatoms. The van der Waals surface area contributed by atoms with Gasteiger partial charge in [0, 0.05) is 6.54 Å². The second-order valence-electron chi connectivity index (χ2n) is 4.27. The number of amides is 1. The third-order valence-electron chi connectivity index (χ3n) is 3.11. The van der Waals surface area contributed by atoms with Crippen LogP contribution >= 0.6 is 34.5 Å². The molecular weight excluding hydrogens is 309 g/mol. The van der Waals surface area contributed by atoms with Crippen molar-refractivity contribution < 1.29 is 10.0 Å². The molecule has 1 amide bonds. The molecule has 1 saturated heterocycles. The predicted molar refractivity (Wildman–Crippen MR) is 76.4 cm³/mol. The second kappa shape index (κ2) is 5.98. The minimum Gasteiger partial charge on any atom is -0.409 e. The Morgan fingerprint density at radius 2 is 2.26 bits per heavy atom. The van der Waals surface area contributed by atoms with Gasteiger partial charge in [-0.15, -0.1) is 11.3 Å². The van der Waals surface area contributed by atoms with Gasteiger partial charge >= 0.3 is 0 Å². The minimum atomic E-state index is -0.388. The molecule has 3 N–H and O–H groups in total. The van der Waals surface area contributed by atoms with E-state index in [0.717, 1.165) is 24.2 Å². The zero-order valence-electron chi connectivity index (χ0n) is 9.97. The fourth-order valence-corrected chi connectivity index (χ4v) is 3.64. The first-order chi connectivity index (χ1) is 9.04. The van der Waals surface area contributed by atoms with Crippen molar-refractivity contribution >= 4 is 46.3 Å². The van der Waals surface area contributed by atoms with Crippen molar-refractivity contribution in [3.63, 3.8) is 0 Å². The van der Waals surface area contributed by atoms with Gasteiger partial charge in [-0.1, -0.05) is 28.4 Å². The first-order valence-electron chi connectivity index (χ1n) is 5.77. The van der Waals surface area contributed by atoms with Crippen LogP contribution in [0.2, 0.25) is 8.67 Å². The average Bonchev–Trinajstić information content (AvgIpc) is 2.76. The second-order valence-corrected chi connectivity index (χ2v) is 6.56. The topological polar surface area (TPSA) is 78.9 Å². The van der Waals surface area contributed by atoms with Gasteiger partial charge < -0.3 is 15.8 Å². The summed E-state index contributed by atoms with van der Waals surface area (Å²) in [5.74, 6) is -0.185. The van der Waals surface area contributed by atoms with Crippen LogP contribution in [-0.2, 0) is 0 Å². The fraction of sp³-hybridized carbons (Fsp3) is 0.455. The number of thiophene rings is 1. The zero-order chi connectivity index (χ0) is 14.0. The number of nitrogens with zero attached hydrogens (tertiary/aromatic N) is 2. The highest BCUT2D eigenvalue weighted by molar-refractivity contribution is 7.20. The molecule has 1 atom stereocenters. The molecule has 0 bridgehead atoms. The molecule has 0 aliphatic carbocycles. The van der Waals surface area contributed by atoms with E-state index in [4.69, 9.17) is 34.1 Å². The number of hydrogen-bond acceptors (Lipinski definition) is 4. The molecule has 1 fully saturated rings. The van der Waals surface area contributed by atoms with E-state index in [9.17, 15) is 4.79 Å². The smallest absolute Gasteiger partial charge is 0.256 e. The number of amidine groups is 1. The Hall–Kier alpha value is -0.980. The van der Waals surface area contributed by atoms with Crippen LogP contribution in [0, 0.1) is 0 Å². The van der Waals surface area contributed by atoms with Crippen molar-refractivity contribution in [2.24, 2.45) is 10.9 Å². The van der Waals surface area contributed by atoms with E-state index in [1.54, 1.807) is 11.0 Å². The van der Waals surface area contributed by atoms with Crippen molar-refractivity contribution in [2.75, 3.05) is 6.54 Å².